The third-order valence-electron chi connectivity index (χ3n) is 2.70. The van der Waals surface area contributed by atoms with Crippen LogP contribution in [-0.2, 0) is 9.53 Å². The highest BCUT2D eigenvalue weighted by Gasteiger charge is 2.22. The van der Waals surface area contributed by atoms with Crippen LogP contribution in [0.5, 0.6) is 0 Å². The van der Waals surface area contributed by atoms with E-state index in [0.717, 1.165) is 32.5 Å². The number of methoxy groups -OCH3 is 1. The number of thiocarbonyl (C=S) groups is 1. The fourth-order valence-corrected chi connectivity index (χ4v) is 1.97. The van der Waals surface area contributed by atoms with Gasteiger partial charge in [0, 0.05) is 26.8 Å². The fraction of sp³-hybridized carbons (Fsp3) is 0.800. The maximum absolute atomic E-state index is 11.6. The predicted molar refractivity (Wildman–Crippen MR) is 62.6 cm³/mol. The lowest BCUT2D eigenvalue weighted by molar-refractivity contribution is -0.131. The molecule has 4 nitrogen and oxygen atoms in total. The number of rotatable bonds is 4. The third-order valence-corrected chi connectivity index (χ3v) is 2.84. The van der Waals surface area contributed by atoms with Crippen LogP contribution < -0.4 is 5.73 Å². The van der Waals surface area contributed by atoms with Gasteiger partial charge in [0.25, 0.3) is 0 Å². The molecule has 0 unspecified atom stereocenters. The number of likely N-dealkylation sites (tertiary alicyclic amines) is 1. The van der Waals surface area contributed by atoms with Crippen LogP contribution in [0.15, 0.2) is 0 Å². The van der Waals surface area contributed by atoms with Gasteiger partial charge in [-0.05, 0) is 18.8 Å². The van der Waals surface area contributed by atoms with Gasteiger partial charge in [-0.15, -0.1) is 0 Å². The van der Waals surface area contributed by atoms with Crippen LogP contribution in [0.4, 0.5) is 0 Å². The van der Waals surface area contributed by atoms with Gasteiger partial charge in [0.05, 0.1) is 11.4 Å². The number of piperidine rings is 1. The van der Waals surface area contributed by atoms with Crippen molar-refractivity contribution in [2.24, 2.45) is 11.7 Å². The van der Waals surface area contributed by atoms with Crippen molar-refractivity contribution < 1.29 is 9.53 Å². The molecule has 1 amide bonds. The van der Waals surface area contributed by atoms with Crippen LogP contribution in [0.2, 0.25) is 0 Å². The lowest BCUT2D eigenvalue weighted by Gasteiger charge is -2.31. The summed E-state index contributed by atoms with van der Waals surface area (Å²) in [6.07, 6.45) is 2.22. The molecule has 5 heteroatoms. The van der Waals surface area contributed by atoms with Crippen molar-refractivity contribution in [3.63, 3.8) is 0 Å². The molecule has 15 heavy (non-hydrogen) atoms. The minimum Gasteiger partial charge on any atom is -0.393 e. The molecule has 0 aromatic rings. The Kier molecular flexibility index (Phi) is 4.98. The number of hydrogen-bond donors (Lipinski definition) is 1. The van der Waals surface area contributed by atoms with Crippen LogP contribution in [-0.4, -0.2) is 42.6 Å². The second kappa shape index (κ2) is 6.02. The molecule has 0 aromatic heterocycles. The number of carbonyl (C=O) groups is 1. The highest BCUT2D eigenvalue weighted by Crippen LogP contribution is 2.17. The van der Waals surface area contributed by atoms with E-state index < -0.39 is 0 Å². The molecule has 0 radical (unpaired) electrons. The molecule has 0 aliphatic carbocycles. The molecule has 0 bridgehead atoms. The molecule has 0 saturated carbocycles. The second-order valence-electron chi connectivity index (χ2n) is 3.92. The normalized spacial score (nSPS) is 17.8. The molecule has 2 N–H and O–H groups in total. The van der Waals surface area contributed by atoms with Gasteiger partial charge in [-0.1, -0.05) is 12.2 Å². The first-order valence-corrected chi connectivity index (χ1v) is 5.59. The quantitative estimate of drug-likeness (QED) is 0.717. The Morgan fingerprint density at radius 2 is 2.13 bits per heavy atom. The minimum atomic E-state index is 0.0540. The molecule has 1 aliphatic heterocycles. The van der Waals surface area contributed by atoms with E-state index in [4.69, 9.17) is 22.7 Å². The zero-order valence-corrected chi connectivity index (χ0v) is 9.89. The van der Waals surface area contributed by atoms with Crippen LogP contribution in [0, 0.1) is 5.92 Å². The Labute approximate surface area is 95.8 Å². The van der Waals surface area contributed by atoms with E-state index in [0.29, 0.717) is 5.92 Å². The zero-order chi connectivity index (χ0) is 11.3. The number of carbonyl (C=O) groups excluding carboxylic acids is 1. The number of nitrogens with two attached hydrogens (primary N) is 1. The maximum Gasteiger partial charge on any atom is 0.229 e. The number of amides is 1. The third kappa shape index (κ3) is 4.13. The van der Waals surface area contributed by atoms with Crippen molar-refractivity contribution in [3.8, 4) is 0 Å². The summed E-state index contributed by atoms with van der Waals surface area (Å²) in [5.74, 6) is 0.641. The minimum absolute atomic E-state index is 0.0540. The molecule has 0 atom stereocenters. The summed E-state index contributed by atoms with van der Waals surface area (Å²) in [6.45, 7) is 2.39. The number of nitrogens with zero attached hydrogens (tertiary/aromatic N) is 1. The standard InChI is InChI=1S/C10H18N2O2S/c1-14-7-8-2-4-12(5-3-8)10(13)6-9(11)15/h8H,2-7H2,1H3,(H2,11,15). The monoisotopic (exact) mass is 230 g/mol. The first kappa shape index (κ1) is 12.4. The van der Waals surface area contributed by atoms with Crippen molar-refractivity contribution in [2.45, 2.75) is 19.3 Å². The Balaban J connectivity index is 2.30. The van der Waals surface area contributed by atoms with Gasteiger partial charge >= 0.3 is 0 Å². The fourth-order valence-electron chi connectivity index (χ4n) is 1.85. The topological polar surface area (TPSA) is 55.6 Å². The molecule has 86 valence electrons. The highest BCUT2D eigenvalue weighted by molar-refractivity contribution is 7.80. The van der Waals surface area contributed by atoms with E-state index in [-0.39, 0.29) is 17.3 Å². The second-order valence-corrected chi connectivity index (χ2v) is 4.45. The van der Waals surface area contributed by atoms with Crippen molar-refractivity contribution >= 4 is 23.1 Å². The molecular formula is C10H18N2O2S. The number of hydrogen-bond acceptors (Lipinski definition) is 3. The lowest BCUT2D eigenvalue weighted by Crippen LogP contribution is -2.40. The van der Waals surface area contributed by atoms with Crippen LogP contribution >= 0.6 is 12.2 Å². The van der Waals surface area contributed by atoms with Gasteiger partial charge in [-0.3, -0.25) is 4.79 Å². The van der Waals surface area contributed by atoms with Gasteiger partial charge in [-0.25, -0.2) is 0 Å². The number of ether oxygens (including phenoxy) is 1. The highest BCUT2D eigenvalue weighted by atomic mass is 32.1. The van der Waals surface area contributed by atoms with Gasteiger partial charge < -0.3 is 15.4 Å². The summed E-state index contributed by atoms with van der Waals surface area (Å²) >= 11 is 4.72. The van der Waals surface area contributed by atoms with E-state index >= 15 is 0 Å². The molecular weight excluding hydrogens is 212 g/mol. The Hall–Kier alpha value is -0.680. The predicted octanol–water partition coefficient (Wildman–Crippen LogP) is 0.548. The summed E-state index contributed by atoms with van der Waals surface area (Å²) in [4.78, 5) is 13.7. The Bertz CT molecular complexity index is 238. The summed E-state index contributed by atoms with van der Waals surface area (Å²) < 4.78 is 5.10. The summed E-state index contributed by atoms with van der Waals surface area (Å²) in [5, 5.41) is 0. The molecule has 1 aliphatic rings. The zero-order valence-electron chi connectivity index (χ0n) is 9.07. The summed E-state index contributed by atoms with van der Waals surface area (Å²) in [5.41, 5.74) is 5.34. The molecule has 0 spiro atoms. The average molecular weight is 230 g/mol. The van der Waals surface area contributed by atoms with E-state index in [9.17, 15) is 4.79 Å². The van der Waals surface area contributed by atoms with Crippen LogP contribution in [0.25, 0.3) is 0 Å². The Morgan fingerprint density at radius 1 is 1.53 bits per heavy atom. The van der Waals surface area contributed by atoms with Crippen molar-refractivity contribution in [1.29, 1.82) is 0 Å². The van der Waals surface area contributed by atoms with E-state index in [1.54, 1.807) is 7.11 Å². The van der Waals surface area contributed by atoms with Crippen molar-refractivity contribution in [3.05, 3.63) is 0 Å². The van der Waals surface area contributed by atoms with E-state index in [1.807, 2.05) is 4.90 Å². The largest absolute Gasteiger partial charge is 0.393 e. The molecule has 1 heterocycles. The van der Waals surface area contributed by atoms with E-state index in [1.165, 1.54) is 0 Å². The molecule has 0 aromatic carbocycles. The summed E-state index contributed by atoms with van der Waals surface area (Å²) in [7, 11) is 1.71. The first-order valence-electron chi connectivity index (χ1n) is 5.18. The van der Waals surface area contributed by atoms with Crippen molar-refractivity contribution in [2.75, 3.05) is 26.8 Å². The molecule has 1 saturated heterocycles. The molecule has 1 rings (SSSR count). The summed E-state index contributed by atoms with van der Waals surface area (Å²) in [6, 6.07) is 0. The average Bonchev–Trinajstić information content (AvgIpc) is 2.18. The lowest BCUT2D eigenvalue weighted by atomic mass is 9.97. The Morgan fingerprint density at radius 3 is 2.60 bits per heavy atom. The smallest absolute Gasteiger partial charge is 0.229 e. The van der Waals surface area contributed by atoms with E-state index in [2.05, 4.69) is 0 Å². The van der Waals surface area contributed by atoms with Crippen LogP contribution in [0.3, 0.4) is 0 Å². The van der Waals surface area contributed by atoms with Gasteiger partial charge in [0.1, 0.15) is 0 Å². The SMILES string of the molecule is COCC1CCN(C(=O)CC(N)=S)CC1. The van der Waals surface area contributed by atoms with Crippen molar-refractivity contribution in [1.82, 2.24) is 4.90 Å². The van der Waals surface area contributed by atoms with Gasteiger partial charge in [0.2, 0.25) is 5.91 Å². The molecule has 1 fully saturated rings. The van der Waals surface area contributed by atoms with Crippen LogP contribution in [0.1, 0.15) is 19.3 Å². The maximum atomic E-state index is 11.6. The first-order chi connectivity index (χ1) is 7.13. The van der Waals surface area contributed by atoms with Gasteiger partial charge in [0.15, 0.2) is 0 Å². The van der Waals surface area contributed by atoms with Gasteiger partial charge in [-0.2, -0.15) is 0 Å².